The lowest BCUT2D eigenvalue weighted by atomic mass is 9.78. The number of hydrogen-bond donors (Lipinski definition) is 1. The van der Waals surface area contributed by atoms with Crippen molar-refractivity contribution >= 4 is 21.7 Å². The third-order valence-electron chi connectivity index (χ3n) is 4.28. The summed E-state index contributed by atoms with van der Waals surface area (Å²) >= 11 is 3.23. The van der Waals surface area contributed by atoms with Gasteiger partial charge in [0.25, 0.3) is 0 Å². The lowest BCUT2D eigenvalue weighted by molar-refractivity contribution is -0.120. The Morgan fingerprint density at radius 2 is 2.05 bits per heavy atom. The lowest BCUT2D eigenvalue weighted by Crippen LogP contribution is -2.46. The van der Waals surface area contributed by atoms with Gasteiger partial charge >= 0.3 is 0 Å². The molecule has 1 aromatic carbocycles. The van der Waals surface area contributed by atoms with Crippen molar-refractivity contribution in [3.05, 3.63) is 34.1 Å². The quantitative estimate of drug-likeness (QED) is 0.876. The van der Waals surface area contributed by atoms with Crippen LogP contribution in [0.2, 0.25) is 0 Å². The normalized spacial score (nSPS) is 17.9. The van der Waals surface area contributed by atoms with Gasteiger partial charge in [-0.15, -0.1) is 0 Å². The largest absolute Gasteiger partial charge is 0.314 e. The van der Waals surface area contributed by atoms with Gasteiger partial charge < -0.3 is 5.32 Å². The van der Waals surface area contributed by atoms with E-state index in [-0.39, 0.29) is 23.6 Å². The highest BCUT2D eigenvalue weighted by atomic mass is 79.9. The molecule has 20 heavy (non-hydrogen) atoms. The molecule has 1 aromatic rings. The summed E-state index contributed by atoms with van der Waals surface area (Å²) < 4.78 is 14.5. The summed E-state index contributed by atoms with van der Waals surface area (Å²) in [6, 6.07) is 4.88. The molecule has 0 saturated heterocycles. The maximum absolute atomic E-state index is 13.8. The third-order valence-corrected chi connectivity index (χ3v) is 4.77. The van der Waals surface area contributed by atoms with E-state index in [0.717, 1.165) is 12.8 Å². The Hall–Kier alpha value is -0.740. The average Bonchev–Trinajstić information content (AvgIpc) is 2.43. The maximum Gasteiger partial charge on any atom is 0.139 e. The summed E-state index contributed by atoms with van der Waals surface area (Å²) in [5.74, 6) is -0.197. The Morgan fingerprint density at radius 1 is 1.35 bits per heavy atom. The number of halogens is 2. The minimum absolute atomic E-state index is 0.0683. The molecule has 4 heteroatoms. The van der Waals surface area contributed by atoms with Gasteiger partial charge in [0, 0.05) is 22.9 Å². The highest BCUT2D eigenvalue weighted by Crippen LogP contribution is 2.31. The fourth-order valence-corrected chi connectivity index (χ4v) is 3.39. The van der Waals surface area contributed by atoms with Gasteiger partial charge in [0.2, 0.25) is 0 Å². The molecule has 0 heterocycles. The van der Waals surface area contributed by atoms with Gasteiger partial charge in [-0.3, -0.25) is 4.79 Å². The van der Waals surface area contributed by atoms with Crippen molar-refractivity contribution in [1.82, 2.24) is 5.32 Å². The molecule has 0 aromatic heterocycles. The van der Waals surface area contributed by atoms with Crippen molar-refractivity contribution in [2.75, 3.05) is 7.05 Å². The fourth-order valence-electron chi connectivity index (χ4n) is 3.06. The molecule has 0 atom stereocenters. The zero-order valence-electron chi connectivity index (χ0n) is 11.8. The van der Waals surface area contributed by atoms with Crippen molar-refractivity contribution in [1.29, 1.82) is 0 Å². The number of rotatable bonds is 5. The second-order valence-electron chi connectivity index (χ2n) is 5.72. The van der Waals surface area contributed by atoms with Crippen molar-refractivity contribution in [2.45, 2.75) is 50.5 Å². The molecular weight excluding hydrogens is 321 g/mol. The highest BCUT2D eigenvalue weighted by molar-refractivity contribution is 9.10. The lowest BCUT2D eigenvalue weighted by Gasteiger charge is -2.36. The van der Waals surface area contributed by atoms with Gasteiger partial charge in [-0.1, -0.05) is 41.3 Å². The van der Waals surface area contributed by atoms with Gasteiger partial charge in [0.15, 0.2) is 0 Å². The zero-order valence-corrected chi connectivity index (χ0v) is 13.4. The van der Waals surface area contributed by atoms with Crippen LogP contribution < -0.4 is 5.32 Å². The molecule has 1 aliphatic rings. The van der Waals surface area contributed by atoms with Crippen molar-refractivity contribution < 1.29 is 9.18 Å². The molecule has 1 N–H and O–H groups in total. The molecule has 1 aliphatic carbocycles. The number of ketones is 1. The van der Waals surface area contributed by atoms with Crippen LogP contribution in [0.1, 0.15) is 44.1 Å². The van der Waals surface area contributed by atoms with Crippen LogP contribution in [0.5, 0.6) is 0 Å². The Morgan fingerprint density at radius 3 is 2.65 bits per heavy atom. The third kappa shape index (κ3) is 3.89. The molecule has 1 fully saturated rings. The summed E-state index contributed by atoms with van der Waals surface area (Å²) in [5, 5.41) is 3.34. The van der Waals surface area contributed by atoms with E-state index in [0.29, 0.717) is 16.5 Å². The van der Waals surface area contributed by atoms with Crippen LogP contribution in [-0.2, 0) is 11.2 Å². The molecule has 0 unspecified atom stereocenters. The maximum atomic E-state index is 13.8. The molecular formula is C16H21BrFNO. The Labute approximate surface area is 128 Å². The Balaban J connectivity index is 2.00. The number of carbonyl (C=O) groups is 1. The second-order valence-corrected chi connectivity index (χ2v) is 6.63. The summed E-state index contributed by atoms with van der Waals surface area (Å²) in [4.78, 5) is 12.3. The van der Waals surface area contributed by atoms with Gasteiger partial charge in [-0.2, -0.15) is 0 Å². The van der Waals surface area contributed by atoms with Gasteiger partial charge in [-0.05, 0) is 37.6 Å². The highest BCUT2D eigenvalue weighted by Gasteiger charge is 2.32. The van der Waals surface area contributed by atoms with Crippen LogP contribution in [0, 0.1) is 5.82 Å². The SMILES string of the molecule is CNC1(CC(=O)Cc2ccc(Br)cc2F)CCCCC1. The summed E-state index contributed by atoms with van der Waals surface area (Å²) in [6.45, 7) is 0. The van der Waals surface area contributed by atoms with Crippen LogP contribution in [0.15, 0.2) is 22.7 Å². The van der Waals surface area contributed by atoms with E-state index >= 15 is 0 Å². The van der Waals surface area contributed by atoms with E-state index in [9.17, 15) is 9.18 Å². The smallest absolute Gasteiger partial charge is 0.139 e. The van der Waals surface area contributed by atoms with Gasteiger partial charge in [0.05, 0.1) is 0 Å². The minimum atomic E-state index is -0.310. The van der Waals surface area contributed by atoms with E-state index in [4.69, 9.17) is 0 Å². The van der Waals surface area contributed by atoms with Gasteiger partial charge in [0.1, 0.15) is 11.6 Å². The molecule has 110 valence electrons. The number of nitrogens with one attached hydrogen (secondary N) is 1. The molecule has 0 aliphatic heterocycles. The van der Waals surface area contributed by atoms with Crippen molar-refractivity contribution in [3.8, 4) is 0 Å². The van der Waals surface area contributed by atoms with Crippen LogP contribution >= 0.6 is 15.9 Å². The van der Waals surface area contributed by atoms with E-state index < -0.39 is 0 Å². The predicted octanol–water partition coefficient (Wildman–Crippen LogP) is 4.01. The second kappa shape index (κ2) is 6.81. The molecule has 2 rings (SSSR count). The van der Waals surface area contributed by atoms with E-state index in [1.54, 1.807) is 12.1 Å². The van der Waals surface area contributed by atoms with E-state index in [1.165, 1.54) is 25.3 Å². The molecule has 0 radical (unpaired) electrons. The standard InChI is InChI=1S/C16H21BrFNO/c1-19-16(7-3-2-4-8-16)11-14(20)9-12-5-6-13(17)10-15(12)18/h5-6,10,19H,2-4,7-9,11H2,1H3. The van der Waals surface area contributed by atoms with Crippen molar-refractivity contribution in [2.24, 2.45) is 0 Å². The Bertz CT molecular complexity index is 483. The molecule has 1 saturated carbocycles. The number of hydrogen-bond acceptors (Lipinski definition) is 2. The summed E-state index contributed by atoms with van der Waals surface area (Å²) in [6.07, 6.45) is 6.35. The first-order chi connectivity index (χ1) is 9.54. The van der Waals surface area contributed by atoms with Gasteiger partial charge in [-0.25, -0.2) is 4.39 Å². The molecule has 0 spiro atoms. The van der Waals surface area contributed by atoms with Crippen LogP contribution in [0.3, 0.4) is 0 Å². The number of Topliss-reactive ketones (excluding diaryl/α,β-unsaturated/α-hetero) is 1. The first kappa shape index (κ1) is 15.6. The first-order valence-corrected chi connectivity index (χ1v) is 7.98. The number of benzene rings is 1. The van der Waals surface area contributed by atoms with Crippen molar-refractivity contribution in [3.63, 3.8) is 0 Å². The van der Waals surface area contributed by atoms with E-state index in [2.05, 4.69) is 21.2 Å². The topological polar surface area (TPSA) is 29.1 Å². The first-order valence-electron chi connectivity index (χ1n) is 7.19. The van der Waals surface area contributed by atoms with Crippen LogP contribution in [0.25, 0.3) is 0 Å². The summed E-state index contributed by atoms with van der Waals surface area (Å²) in [5.41, 5.74) is 0.418. The minimum Gasteiger partial charge on any atom is -0.314 e. The Kier molecular flexibility index (Phi) is 5.33. The predicted molar refractivity (Wildman–Crippen MR) is 82.3 cm³/mol. The molecule has 0 bridgehead atoms. The number of carbonyl (C=O) groups excluding carboxylic acids is 1. The average molecular weight is 342 g/mol. The van der Waals surface area contributed by atoms with Crippen LogP contribution in [0.4, 0.5) is 4.39 Å². The molecule has 2 nitrogen and oxygen atoms in total. The monoisotopic (exact) mass is 341 g/mol. The summed E-state index contributed by atoms with van der Waals surface area (Å²) in [7, 11) is 1.93. The fraction of sp³-hybridized carbons (Fsp3) is 0.562. The van der Waals surface area contributed by atoms with Crippen LogP contribution in [-0.4, -0.2) is 18.4 Å². The molecule has 0 amide bonds. The van der Waals surface area contributed by atoms with E-state index in [1.807, 2.05) is 7.05 Å². The zero-order chi connectivity index (χ0) is 14.6.